The van der Waals surface area contributed by atoms with Gasteiger partial charge in [-0.05, 0) is 17.5 Å². The quantitative estimate of drug-likeness (QED) is 0.863. The molecule has 3 nitrogen and oxygen atoms in total. The Balaban J connectivity index is 2.66. The lowest BCUT2D eigenvalue weighted by Crippen LogP contribution is -1.97. The van der Waals surface area contributed by atoms with Gasteiger partial charge in [0.1, 0.15) is 0 Å². The number of rotatable bonds is 2. The molecule has 15 heavy (non-hydrogen) atoms. The molecule has 1 unspecified atom stereocenters. The second kappa shape index (κ2) is 4.30. The van der Waals surface area contributed by atoms with Crippen LogP contribution in [0.1, 0.15) is 0 Å². The van der Waals surface area contributed by atoms with Crippen molar-refractivity contribution in [2.24, 2.45) is 0 Å². The van der Waals surface area contributed by atoms with Crippen LogP contribution in [-0.4, -0.2) is 8.76 Å². The average molecular weight is 287 g/mol. The zero-order chi connectivity index (χ0) is 10.8. The van der Waals surface area contributed by atoms with Crippen molar-refractivity contribution in [1.29, 1.82) is 0 Å². The normalized spacial score (nSPS) is 12.7. The predicted octanol–water partition coefficient (Wildman–Crippen LogP) is 3.12. The van der Waals surface area contributed by atoms with Gasteiger partial charge in [-0.1, -0.05) is 40.2 Å². The highest BCUT2D eigenvalue weighted by atomic mass is 79.9. The van der Waals surface area contributed by atoms with Gasteiger partial charge in [-0.25, -0.2) is 0 Å². The number of benzene rings is 2. The fourth-order valence-electron chi connectivity index (χ4n) is 1.38. The van der Waals surface area contributed by atoms with Crippen LogP contribution in [0.4, 0.5) is 0 Å². The molecule has 0 aromatic heterocycles. The van der Waals surface area contributed by atoms with Crippen LogP contribution < -0.4 is 4.18 Å². The molecule has 2 rings (SSSR count). The van der Waals surface area contributed by atoms with E-state index in [2.05, 4.69) is 15.9 Å². The first-order valence-electron chi connectivity index (χ1n) is 4.15. The van der Waals surface area contributed by atoms with Crippen molar-refractivity contribution < 1.29 is 12.9 Å². The third-order valence-electron chi connectivity index (χ3n) is 1.99. The van der Waals surface area contributed by atoms with E-state index >= 15 is 0 Å². The van der Waals surface area contributed by atoms with Gasteiger partial charge in [0.05, 0.1) is 0 Å². The SMILES string of the molecule is O=S(O)Oc1ccc(Br)c2ccccc12. The minimum atomic E-state index is -2.29. The highest BCUT2D eigenvalue weighted by Gasteiger charge is 2.06. The molecule has 0 fully saturated rings. The molecule has 0 aliphatic carbocycles. The van der Waals surface area contributed by atoms with Crippen molar-refractivity contribution in [3.8, 4) is 5.75 Å². The Bertz CT molecular complexity index is 527. The molecule has 0 radical (unpaired) electrons. The lowest BCUT2D eigenvalue weighted by atomic mass is 10.1. The van der Waals surface area contributed by atoms with Crippen molar-refractivity contribution in [2.45, 2.75) is 0 Å². The van der Waals surface area contributed by atoms with Crippen molar-refractivity contribution >= 4 is 38.1 Å². The van der Waals surface area contributed by atoms with Crippen LogP contribution in [0.25, 0.3) is 10.8 Å². The lowest BCUT2D eigenvalue weighted by Gasteiger charge is -2.06. The Morgan fingerprint density at radius 2 is 1.80 bits per heavy atom. The summed E-state index contributed by atoms with van der Waals surface area (Å²) in [7, 11) is 0. The summed E-state index contributed by atoms with van der Waals surface area (Å²) in [6.07, 6.45) is 0. The summed E-state index contributed by atoms with van der Waals surface area (Å²) in [6.45, 7) is 0. The fourth-order valence-corrected chi connectivity index (χ4v) is 2.16. The molecule has 5 heteroatoms. The molecule has 0 saturated carbocycles. The maximum absolute atomic E-state index is 10.6. The van der Waals surface area contributed by atoms with Gasteiger partial charge in [0.2, 0.25) is 0 Å². The number of fused-ring (bicyclic) bond motifs is 1. The number of hydrogen-bond donors (Lipinski definition) is 1. The third-order valence-corrected chi connectivity index (χ3v) is 3.01. The van der Waals surface area contributed by atoms with Crippen LogP contribution in [0.5, 0.6) is 5.75 Å². The van der Waals surface area contributed by atoms with E-state index in [1.807, 2.05) is 24.3 Å². The zero-order valence-corrected chi connectivity index (χ0v) is 9.92. The molecule has 78 valence electrons. The Morgan fingerprint density at radius 1 is 1.13 bits per heavy atom. The first-order chi connectivity index (χ1) is 7.18. The molecule has 1 N–H and O–H groups in total. The molecular formula is C10H7BrO3S. The van der Waals surface area contributed by atoms with Crippen molar-refractivity contribution in [3.63, 3.8) is 0 Å². The highest BCUT2D eigenvalue weighted by Crippen LogP contribution is 2.31. The van der Waals surface area contributed by atoms with Crippen molar-refractivity contribution in [1.82, 2.24) is 0 Å². The predicted molar refractivity (Wildman–Crippen MR) is 63.0 cm³/mol. The van der Waals surface area contributed by atoms with Crippen LogP contribution in [0, 0.1) is 0 Å². The minimum absolute atomic E-state index is 0.398. The maximum atomic E-state index is 10.6. The average Bonchev–Trinajstić information content (AvgIpc) is 2.22. The number of hydrogen-bond acceptors (Lipinski definition) is 2. The van der Waals surface area contributed by atoms with E-state index in [9.17, 15) is 4.21 Å². The minimum Gasteiger partial charge on any atom is -0.379 e. The third kappa shape index (κ3) is 2.19. The fraction of sp³-hybridized carbons (Fsp3) is 0. The summed E-state index contributed by atoms with van der Waals surface area (Å²) in [5, 5.41) is 1.75. The first-order valence-corrected chi connectivity index (χ1v) is 5.97. The second-order valence-corrected chi connectivity index (χ2v) is 4.35. The van der Waals surface area contributed by atoms with Crippen molar-refractivity contribution in [3.05, 3.63) is 40.9 Å². The summed E-state index contributed by atoms with van der Waals surface area (Å²) in [5.74, 6) is 0.398. The smallest absolute Gasteiger partial charge is 0.357 e. The van der Waals surface area contributed by atoms with E-state index in [1.165, 1.54) is 0 Å². The summed E-state index contributed by atoms with van der Waals surface area (Å²) < 4.78 is 25.0. The van der Waals surface area contributed by atoms with Gasteiger partial charge in [-0.15, -0.1) is 0 Å². The van der Waals surface area contributed by atoms with Crippen LogP contribution in [0.3, 0.4) is 0 Å². The molecular weight excluding hydrogens is 280 g/mol. The topological polar surface area (TPSA) is 46.5 Å². The molecule has 0 heterocycles. The van der Waals surface area contributed by atoms with Gasteiger partial charge >= 0.3 is 11.4 Å². The highest BCUT2D eigenvalue weighted by molar-refractivity contribution is 9.10. The molecule has 0 aliphatic rings. The summed E-state index contributed by atoms with van der Waals surface area (Å²) in [6, 6.07) is 10.9. The van der Waals surface area contributed by atoms with Gasteiger partial charge in [-0.2, -0.15) is 4.21 Å². The van der Waals surface area contributed by atoms with Crippen LogP contribution in [0.15, 0.2) is 40.9 Å². The van der Waals surface area contributed by atoms with Crippen molar-refractivity contribution in [2.75, 3.05) is 0 Å². The Morgan fingerprint density at radius 3 is 2.47 bits per heavy atom. The van der Waals surface area contributed by atoms with Gasteiger partial charge in [0.15, 0.2) is 5.75 Å². The molecule has 2 aromatic carbocycles. The molecule has 0 bridgehead atoms. The van der Waals surface area contributed by atoms with Crippen LogP contribution in [0.2, 0.25) is 0 Å². The van der Waals surface area contributed by atoms with E-state index < -0.39 is 11.4 Å². The monoisotopic (exact) mass is 286 g/mol. The van der Waals surface area contributed by atoms with Crippen LogP contribution in [-0.2, 0) is 11.4 Å². The van der Waals surface area contributed by atoms with E-state index in [1.54, 1.807) is 12.1 Å². The van der Waals surface area contributed by atoms with Gasteiger partial charge in [-0.3, -0.25) is 4.55 Å². The molecule has 0 aliphatic heterocycles. The van der Waals surface area contributed by atoms with Crippen LogP contribution >= 0.6 is 15.9 Å². The Kier molecular flexibility index (Phi) is 3.04. The zero-order valence-electron chi connectivity index (χ0n) is 7.51. The Hall–Kier alpha value is -0.910. The Labute approximate surface area is 97.7 Å². The maximum Gasteiger partial charge on any atom is 0.357 e. The molecule has 2 aromatic rings. The van der Waals surface area contributed by atoms with E-state index in [0.29, 0.717) is 5.75 Å². The largest absolute Gasteiger partial charge is 0.379 e. The summed E-state index contributed by atoms with van der Waals surface area (Å²) >= 11 is 1.11. The molecule has 1 atom stereocenters. The summed E-state index contributed by atoms with van der Waals surface area (Å²) in [5.41, 5.74) is 0. The van der Waals surface area contributed by atoms with E-state index in [-0.39, 0.29) is 0 Å². The standard InChI is InChI=1S/C10H7BrO3S/c11-9-5-6-10(14-15(12)13)8-4-2-1-3-7(8)9/h1-6H,(H,12,13). The van der Waals surface area contributed by atoms with Gasteiger partial charge in [0, 0.05) is 9.86 Å². The van der Waals surface area contributed by atoms with Gasteiger partial charge in [0.25, 0.3) is 0 Å². The second-order valence-electron chi connectivity index (χ2n) is 2.89. The first kappa shape index (κ1) is 10.6. The van der Waals surface area contributed by atoms with E-state index in [4.69, 9.17) is 8.74 Å². The summed E-state index contributed by atoms with van der Waals surface area (Å²) in [4.78, 5) is 0. The van der Waals surface area contributed by atoms with E-state index in [0.717, 1.165) is 15.2 Å². The molecule has 0 saturated heterocycles. The molecule has 0 spiro atoms. The van der Waals surface area contributed by atoms with Gasteiger partial charge < -0.3 is 4.18 Å². The number of halogens is 1. The lowest BCUT2D eigenvalue weighted by molar-refractivity contribution is 0.460. The molecule has 0 amide bonds.